The van der Waals surface area contributed by atoms with Gasteiger partial charge in [-0.05, 0) is 74.0 Å². The molecule has 4 heteroatoms. The number of esters is 1. The summed E-state index contributed by atoms with van der Waals surface area (Å²) >= 11 is 0. The number of oxime groups is 1. The highest BCUT2D eigenvalue weighted by Gasteiger charge is 2.63. The maximum absolute atomic E-state index is 11.4. The van der Waals surface area contributed by atoms with Gasteiger partial charge in [0.05, 0.1) is 5.71 Å². The third-order valence-electron chi connectivity index (χ3n) is 9.18. The van der Waals surface area contributed by atoms with E-state index >= 15 is 0 Å². The minimum Gasteiger partial charge on any atom is -0.462 e. The van der Waals surface area contributed by atoms with Crippen LogP contribution in [0.3, 0.4) is 0 Å². The third-order valence-corrected chi connectivity index (χ3v) is 9.18. The summed E-state index contributed by atoms with van der Waals surface area (Å²) in [5.74, 6) is 2.68. The number of carbonyl (C=O) groups is 1. The van der Waals surface area contributed by atoms with Crippen molar-refractivity contribution in [3.63, 3.8) is 0 Å². The third kappa shape index (κ3) is 2.40. The number of allylic oxidation sites excluding steroid dienone is 1. The van der Waals surface area contributed by atoms with Crippen LogP contribution in [0, 0.1) is 34.5 Å². The van der Waals surface area contributed by atoms with Crippen LogP contribution in [-0.4, -0.2) is 23.9 Å². The average Bonchev–Trinajstić information content (AvgIpc) is 3.12. The fourth-order valence-corrected chi connectivity index (χ4v) is 8.01. The summed E-state index contributed by atoms with van der Waals surface area (Å²) in [5.41, 5.74) is 3.44. The van der Waals surface area contributed by atoms with Gasteiger partial charge in [0.15, 0.2) is 0 Å². The molecule has 8 atom stereocenters. The topological polar surface area (TPSA) is 47.9 Å². The van der Waals surface area contributed by atoms with Gasteiger partial charge in [-0.25, -0.2) is 0 Å². The molecule has 3 fully saturated rings. The predicted molar refractivity (Wildman–Crippen MR) is 104 cm³/mol. The second kappa shape index (κ2) is 5.84. The number of ether oxygens (including phenoxy) is 1. The Kier molecular flexibility index (Phi) is 3.84. The fourth-order valence-electron chi connectivity index (χ4n) is 8.01. The van der Waals surface area contributed by atoms with Crippen LogP contribution in [0.4, 0.5) is 0 Å². The van der Waals surface area contributed by atoms with E-state index < -0.39 is 0 Å². The van der Waals surface area contributed by atoms with Gasteiger partial charge in [0, 0.05) is 19.3 Å². The molecule has 0 unspecified atom stereocenters. The summed E-state index contributed by atoms with van der Waals surface area (Å²) in [6, 6.07) is 0. The number of hydrogen-bond acceptors (Lipinski definition) is 4. The summed E-state index contributed by atoms with van der Waals surface area (Å²) in [5, 5.41) is 4.34. The van der Waals surface area contributed by atoms with Gasteiger partial charge in [0.25, 0.3) is 0 Å². The molecule has 4 aliphatic carbocycles. The molecule has 27 heavy (non-hydrogen) atoms. The van der Waals surface area contributed by atoms with Gasteiger partial charge in [0.1, 0.15) is 12.2 Å². The van der Waals surface area contributed by atoms with Crippen molar-refractivity contribution in [1.82, 2.24) is 0 Å². The second-order valence-electron chi connectivity index (χ2n) is 10.4. The first-order chi connectivity index (χ1) is 12.8. The van der Waals surface area contributed by atoms with Crippen molar-refractivity contribution in [3.05, 3.63) is 11.6 Å². The molecule has 0 aromatic rings. The lowest BCUT2D eigenvalue weighted by Crippen LogP contribution is -2.51. The standard InChI is InChI=1S/C23H33NO3/c1-13-21-20(27-24-13)12-19-17-6-5-15-11-16(26-14(2)25)7-9-22(15,3)18(17)8-10-23(19,21)4/h5,16-21H,6-12H2,1-4H3/t16-,17-,18+,19+,20-,21+,22+,23+/m1/s1. The molecule has 0 saturated heterocycles. The number of carbonyl (C=O) groups excluding carboxylic acids is 1. The maximum Gasteiger partial charge on any atom is 0.302 e. The number of fused-ring (bicyclic) bond motifs is 7. The monoisotopic (exact) mass is 371 g/mol. The van der Waals surface area contributed by atoms with E-state index in [4.69, 9.17) is 9.57 Å². The fraction of sp³-hybridized carbons (Fsp3) is 0.826. The van der Waals surface area contributed by atoms with Crippen molar-refractivity contribution >= 4 is 11.7 Å². The Hall–Kier alpha value is -1.32. The molecule has 1 aliphatic heterocycles. The van der Waals surface area contributed by atoms with Crippen molar-refractivity contribution < 1.29 is 14.4 Å². The summed E-state index contributed by atoms with van der Waals surface area (Å²) < 4.78 is 5.56. The first kappa shape index (κ1) is 17.8. The van der Waals surface area contributed by atoms with Crippen molar-refractivity contribution in [3.8, 4) is 0 Å². The maximum atomic E-state index is 11.4. The highest BCUT2D eigenvalue weighted by atomic mass is 16.6. The Morgan fingerprint density at radius 1 is 1.26 bits per heavy atom. The van der Waals surface area contributed by atoms with Crippen molar-refractivity contribution in [2.24, 2.45) is 39.7 Å². The number of nitrogens with zero attached hydrogens (tertiary/aromatic N) is 1. The molecule has 0 N–H and O–H groups in total. The molecule has 1 heterocycles. The van der Waals surface area contributed by atoms with Crippen molar-refractivity contribution in [2.45, 2.75) is 84.8 Å². The van der Waals surface area contributed by atoms with Gasteiger partial charge in [-0.1, -0.05) is 30.7 Å². The molecule has 4 nitrogen and oxygen atoms in total. The molecule has 0 aromatic heterocycles. The predicted octanol–water partition coefficient (Wildman–Crippen LogP) is 4.88. The lowest BCUT2D eigenvalue weighted by molar-refractivity contribution is -0.148. The highest BCUT2D eigenvalue weighted by Crippen LogP contribution is 2.67. The van der Waals surface area contributed by atoms with E-state index in [1.165, 1.54) is 38.3 Å². The van der Waals surface area contributed by atoms with Crippen LogP contribution in [0.1, 0.15) is 72.6 Å². The Balaban J connectivity index is 1.42. The normalized spacial score (nSPS) is 50.4. The zero-order valence-corrected chi connectivity index (χ0v) is 17.2. The molecule has 5 rings (SSSR count). The van der Waals surface area contributed by atoms with Crippen LogP contribution >= 0.6 is 0 Å². The van der Waals surface area contributed by atoms with Gasteiger partial charge >= 0.3 is 5.97 Å². The van der Waals surface area contributed by atoms with Crippen LogP contribution < -0.4 is 0 Å². The summed E-state index contributed by atoms with van der Waals surface area (Å²) in [6.07, 6.45) is 11.0. The molecule has 148 valence electrons. The molecule has 0 amide bonds. The van der Waals surface area contributed by atoms with E-state index in [0.29, 0.717) is 22.9 Å². The van der Waals surface area contributed by atoms with Crippen LogP contribution in [0.25, 0.3) is 0 Å². The smallest absolute Gasteiger partial charge is 0.302 e. The van der Waals surface area contributed by atoms with Gasteiger partial charge in [0.2, 0.25) is 0 Å². The lowest BCUT2D eigenvalue weighted by atomic mass is 9.47. The lowest BCUT2D eigenvalue weighted by Gasteiger charge is -2.57. The van der Waals surface area contributed by atoms with Crippen molar-refractivity contribution in [2.75, 3.05) is 0 Å². The Bertz CT molecular complexity index is 727. The van der Waals surface area contributed by atoms with Crippen molar-refractivity contribution in [1.29, 1.82) is 0 Å². The minimum absolute atomic E-state index is 0.0883. The zero-order valence-electron chi connectivity index (χ0n) is 17.2. The van der Waals surface area contributed by atoms with Gasteiger partial charge in [-0.15, -0.1) is 0 Å². The second-order valence-corrected chi connectivity index (χ2v) is 10.4. The molecule has 0 aromatic carbocycles. The summed E-state index contributed by atoms with van der Waals surface area (Å²) in [4.78, 5) is 17.2. The van der Waals surface area contributed by atoms with E-state index in [2.05, 4.69) is 32.0 Å². The van der Waals surface area contributed by atoms with Gasteiger partial charge in [-0.3, -0.25) is 4.79 Å². The SMILES string of the molecule is CC(=O)O[C@@H]1CC[C@@]2(C)C(=CC[C@H]3[C@@H]4C[C@H]5ON=C(C)[C@@H]5[C@@]4(C)CC[C@@H]32)C1. The first-order valence-corrected chi connectivity index (χ1v) is 10.9. The molecule has 5 aliphatic rings. The zero-order chi connectivity index (χ0) is 19.0. The van der Waals surface area contributed by atoms with Crippen LogP contribution in [0.5, 0.6) is 0 Å². The molecule has 0 spiro atoms. The molecule has 0 bridgehead atoms. The summed E-state index contributed by atoms with van der Waals surface area (Å²) in [7, 11) is 0. The van der Waals surface area contributed by atoms with Gasteiger partial charge in [-0.2, -0.15) is 0 Å². The quantitative estimate of drug-likeness (QED) is 0.487. The van der Waals surface area contributed by atoms with E-state index in [1.54, 1.807) is 5.57 Å². The Labute approximate surface area is 162 Å². The number of hydrogen-bond donors (Lipinski definition) is 0. The Morgan fingerprint density at radius 2 is 2.07 bits per heavy atom. The van der Waals surface area contributed by atoms with E-state index in [9.17, 15) is 4.79 Å². The van der Waals surface area contributed by atoms with E-state index in [0.717, 1.165) is 37.0 Å². The molecule has 3 saturated carbocycles. The van der Waals surface area contributed by atoms with Crippen LogP contribution in [0.2, 0.25) is 0 Å². The van der Waals surface area contributed by atoms with Gasteiger partial charge < -0.3 is 9.57 Å². The number of rotatable bonds is 1. The van der Waals surface area contributed by atoms with E-state index in [-0.39, 0.29) is 12.1 Å². The molecular weight excluding hydrogens is 338 g/mol. The largest absolute Gasteiger partial charge is 0.462 e. The van der Waals surface area contributed by atoms with Crippen LogP contribution in [0.15, 0.2) is 16.8 Å². The highest BCUT2D eigenvalue weighted by molar-refractivity contribution is 5.86. The van der Waals surface area contributed by atoms with E-state index in [1.807, 2.05) is 0 Å². The first-order valence-electron chi connectivity index (χ1n) is 10.9. The molecule has 0 radical (unpaired) electrons. The molecular formula is C23H33NO3. The Morgan fingerprint density at radius 3 is 2.85 bits per heavy atom. The van der Waals surface area contributed by atoms with Crippen LogP contribution in [-0.2, 0) is 14.4 Å². The summed E-state index contributed by atoms with van der Waals surface area (Å²) in [6.45, 7) is 8.72. The average molecular weight is 372 g/mol. The minimum atomic E-state index is -0.138.